The molecule has 0 aliphatic heterocycles. The largest absolute Gasteiger partial charge is 0.347 e. The highest BCUT2D eigenvalue weighted by Gasteiger charge is 2.44. The highest BCUT2D eigenvalue weighted by Crippen LogP contribution is 2.46. The highest BCUT2D eigenvalue weighted by molar-refractivity contribution is 5.92. The lowest BCUT2D eigenvalue weighted by Gasteiger charge is -2.43. The smallest absolute Gasteiger partial charge is 0.272 e. The Kier molecular flexibility index (Phi) is 14.3. The lowest BCUT2D eigenvalue weighted by molar-refractivity contribution is 0.0734. The summed E-state index contributed by atoms with van der Waals surface area (Å²) in [6.07, 6.45) is 10.5. The van der Waals surface area contributed by atoms with Crippen LogP contribution in [0.2, 0.25) is 0 Å². The van der Waals surface area contributed by atoms with Crippen molar-refractivity contribution in [3.05, 3.63) is 47.5 Å². The van der Waals surface area contributed by atoms with E-state index in [0.29, 0.717) is 11.6 Å². The van der Waals surface area contributed by atoms with E-state index in [9.17, 15) is 9.18 Å². The third-order valence-corrected chi connectivity index (χ3v) is 7.43. The molecule has 1 saturated carbocycles. The molecule has 5 heteroatoms. The number of rotatable bonds is 8. The molecule has 0 spiro atoms. The van der Waals surface area contributed by atoms with Crippen molar-refractivity contribution in [2.24, 2.45) is 16.7 Å². The number of carbonyl (C=O) groups is 1. The molecule has 4 nitrogen and oxygen atoms in total. The Bertz CT molecular complexity index is 934. The standard InChI is InChI=1S/C26H38FN3O.C4H10.C3H8/c1-7-18(2)16-21-17-22(29-30(21)20-12-10-19(27)11-13-20)23(31)28-24(25(3,4)5)26(6)14-8-9-15-26;1-3-4-2;1-3-2/h10-13,17-18,24H,7-9,14-16H2,1-6H3,(H,28,31);3-4H2,1-2H3;3H2,1-2H3. The molecule has 1 aromatic heterocycles. The number of unbranched alkanes of at least 4 members (excludes halogenated alkanes) is 1. The molecule has 216 valence electrons. The highest BCUT2D eigenvalue weighted by atomic mass is 19.1. The van der Waals surface area contributed by atoms with Crippen molar-refractivity contribution in [2.45, 2.75) is 133 Å². The topological polar surface area (TPSA) is 46.9 Å². The normalized spacial score (nSPS) is 16.0. The van der Waals surface area contributed by atoms with Crippen LogP contribution in [0.1, 0.15) is 137 Å². The number of halogens is 1. The van der Waals surface area contributed by atoms with Gasteiger partial charge in [-0.1, -0.05) is 108 Å². The Hall–Kier alpha value is -2.17. The van der Waals surface area contributed by atoms with E-state index in [4.69, 9.17) is 0 Å². The summed E-state index contributed by atoms with van der Waals surface area (Å²) >= 11 is 0. The molecule has 1 aliphatic carbocycles. The Balaban J connectivity index is 0.000000923. The Morgan fingerprint density at radius 1 is 1.05 bits per heavy atom. The molecule has 2 atom stereocenters. The van der Waals surface area contributed by atoms with Gasteiger partial charge in [-0.2, -0.15) is 5.10 Å². The SMILES string of the molecule is CCC.CCC(C)Cc1cc(C(=O)NC(C(C)(C)C)C2(C)CCCC2)nn1-c1ccc(F)cc1.CCCC. The molecule has 1 aromatic carbocycles. The van der Waals surface area contributed by atoms with Gasteiger partial charge in [0, 0.05) is 11.7 Å². The molecule has 2 unspecified atom stereocenters. The molecular weight excluding hydrogens is 473 g/mol. The minimum absolute atomic E-state index is 0.0478. The Morgan fingerprint density at radius 3 is 2.03 bits per heavy atom. The van der Waals surface area contributed by atoms with Gasteiger partial charge in [0.1, 0.15) is 5.82 Å². The number of nitrogens with one attached hydrogen (secondary N) is 1. The van der Waals surface area contributed by atoms with Crippen molar-refractivity contribution in [1.29, 1.82) is 0 Å². The quantitative estimate of drug-likeness (QED) is 0.370. The van der Waals surface area contributed by atoms with Gasteiger partial charge in [0.2, 0.25) is 0 Å². The molecule has 0 saturated heterocycles. The fourth-order valence-electron chi connectivity index (χ4n) is 5.10. The van der Waals surface area contributed by atoms with Gasteiger partial charge < -0.3 is 5.32 Å². The molecule has 1 N–H and O–H groups in total. The van der Waals surface area contributed by atoms with E-state index < -0.39 is 0 Å². The first kappa shape index (κ1) is 33.9. The molecule has 1 amide bonds. The maximum absolute atomic E-state index is 13.4. The zero-order valence-electron chi connectivity index (χ0n) is 26.1. The zero-order chi connectivity index (χ0) is 28.9. The van der Waals surface area contributed by atoms with Gasteiger partial charge >= 0.3 is 0 Å². The second-order valence-corrected chi connectivity index (χ2v) is 12.5. The maximum atomic E-state index is 13.4. The lowest BCUT2D eigenvalue weighted by Crippen LogP contribution is -2.52. The van der Waals surface area contributed by atoms with Crippen molar-refractivity contribution in [1.82, 2.24) is 15.1 Å². The fourth-order valence-corrected chi connectivity index (χ4v) is 5.10. The number of aromatic nitrogens is 2. The Labute approximate surface area is 233 Å². The predicted octanol–water partition coefficient (Wildman–Crippen LogP) is 9.55. The van der Waals surface area contributed by atoms with Crippen molar-refractivity contribution in [2.75, 3.05) is 0 Å². The van der Waals surface area contributed by atoms with Gasteiger partial charge in [-0.05, 0) is 66.3 Å². The number of amides is 1. The molecule has 0 radical (unpaired) electrons. The molecule has 0 bridgehead atoms. The molecule has 38 heavy (non-hydrogen) atoms. The summed E-state index contributed by atoms with van der Waals surface area (Å²) in [6, 6.07) is 8.26. The van der Waals surface area contributed by atoms with Crippen molar-refractivity contribution in [3.8, 4) is 5.69 Å². The van der Waals surface area contributed by atoms with E-state index in [2.05, 4.69) is 79.7 Å². The average molecular weight is 530 g/mol. The van der Waals surface area contributed by atoms with Crippen LogP contribution in [-0.2, 0) is 6.42 Å². The van der Waals surface area contributed by atoms with E-state index in [1.165, 1.54) is 44.2 Å². The summed E-state index contributed by atoms with van der Waals surface area (Å²) in [5.41, 5.74) is 2.23. The van der Waals surface area contributed by atoms with Crippen LogP contribution in [-0.4, -0.2) is 21.7 Å². The maximum Gasteiger partial charge on any atom is 0.272 e. The number of nitrogens with zero attached hydrogens (tertiary/aromatic N) is 2. The number of hydrogen-bond donors (Lipinski definition) is 1. The van der Waals surface area contributed by atoms with Crippen LogP contribution in [0.25, 0.3) is 5.69 Å². The molecular formula is C33H56FN3O. The summed E-state index contributed by atoms with van der Waals surface area (Å²) in [5, 5.41) is 8.01. The molecule has 1 fully saturated rings. The van der Waals surface area contributed by atoms with Gasteiger partial charge in [-0.15, -0.1) is 0 Å². The van der Waals surface area contributed by atoms with Crippen molar-refractivity contribution < 1.29 is 9.18 Å². The second-order valence-electron chi connectivity index (χ2n) is 12.5. The predicted molar refractivity (Wildman–Crippen MR) is 161 cm³/mol. The van der Waals surface area contributed by atoms with Crippen LogP contribution < -0.4 is 5.32 Å². The van der Waals surface area contributed by atoms with Gasteiger partial charge in [-0.25, -0.2) is 9.07 Å². The van der Waals surface area contributed by atoms with E-state index >= 15 is 0 Å². The van der Waals surface area contributed by atoms with E-state index in [0.717, 1.165) is 37.1 Å². The van der Waals surface area contributed by atoms with Crippen LogP contribution >= 0.6 is 0 Å². The minimum atomic E-state index is -0.282. The third-order valence-electron chi connectivity index (χ3n) is 7.43. The molecule has 1 aliphatic rings. The number of benzene rings is 1. The van der Waals surface area contributed by atoms with Crippen molar-refractivity contribution >= 4 is 5.91 Å². The van der Waals surface area contributed by atoms with Crippen LogP contribution in [0, 0.1) is 22.6 Å². The van der Waals surface area contributed by atoms with Crippen molar-refractivity contribution in [3.63, 3.8) is 0 Å². The van der Waals surface area contributed by atoms with E-state index in [1.54, 1.807) is 16.8 Å². The van der Waals surface area contributed by atoms with Gasteiger partial charge in [0.05, 0.1) is 5.69 Å². The first-order valence-electron chi connectivity index (χ1n) is 15.0. The minimum Gasteiger partial charge on any atom is -0.347 e. The average Bonchev–Trinajstić information content (AvgIpc) is 3.50. The summed E-state index contributed by atoms with van der Waals surface area (Å²) < 4.78 is 15.2. The second kappa shape index (κ2) is 16.1. The van der Waals surface area contributed by atoms with Gasteiger partial charge in [0.15, 0.2) is 5.69 Å². The van der Waals surface area contributed by atoms with Crippen LogP contribution in [0.15, 0.2) is 30.3 Å². The number of hydrogen-bond acceptors (Lipinski definition) is 2. The third kappa shape index (κ3) is 10.2. The molecule has 2 aromatic rings. The van der Waals surface area contributed by atoms with E-state index in [1.807, 2.05) is 6.07 Å². The summed E-state index contributed by atoms with van der Waals surface area (Å²) in [7, 11) is 0. The van der Waals surface area contributed by atoms with Crippen LogP contribution in [0.3, 0.4) is 0 Å². The first-order chi connectivity index (χ1) is 17.9. The lowest BCUT2D eigenvalue weighted by atomic mass is 9.69. The fraction of sp³-hybridized carbons (Fsp3) is 0.697. The van der Waals surface area contributed by atoms with E-state index in [-0.39, 0.29) is 28.6 Å². The summed E-state index contributed by atoms with van der Waals surface area (Å²) in [6.45, 7) is 21.9. The van der Waals surface area contributed by atoms with Gasteiger partial charge in [-0.3, -0.25) is 4.79 Å². The Morgan fingerprint density at radius 2 is 1.58 bits per heavy atom. The molecule has 3 rings (SSSR count). The zero-order valence-corrected chi connectivity index (χ0v) is 26.1. The summed E-state index contributed by atoms with van der Waals surface area (Å²) in [4.78, 5) is 13.4. The summed E-state index contributed by atoms with van der Waals surface area (Å²) in [5.74, 6) is 0.0565. The molecule has 1 heterocycles. The van der Waals surface area contributed by atoms with Crippen LogP contribution in [0.4, 0.5) is 4.39 Å². The van der Waals surface area contributed by atoms with Gasteiger partial charge in [0.25, 0.3) is 5.91 Å². The number of carbonyl (C=O) groups excluding carboxylic acids is 1. The first-order valence-corrected chi connectivity index (χ1v) is 15.0. The van der Waals surface area contributed by atoms with Crippen LogP contribution in [0.5, 0.6) is 0 Å². The monoisotopic (exact) mass is 529 g/mol.